The van der Waals surface area contributed by atoms with Crippen LogP contribution in [0.1, 0.15) is 23.5 Å². The van der Waals surface area contributed by atoms with E-state index < -0.39 is 9.84 Å². The lowest BCUT2D eigenvalue weighted by molar-refractivity contribution is -0.116. The van der Waals surface area contributed by atoms with Crippen LogP contribution in [0.4, 0.5) is 17.6 Å². The minimum absolute atomic E-state index is 0.171. The summed E-state index contributed by atoms with van der Waals surface area (Å²) < 4.78 is 28.7. The predicted octanol–water partition coefficient (Wildman–Crippen LogP) is 0.773. The van der Waals surface area contributed by atoms with Gasteiger partial charge in [-0.05, 0) is 17.7 Å². The summed E-state index contributed by atoms with van der Waals surface area (Å²) in [5.41, 5.74) is 7.71. The number of amides is 1. The molecule has 1 aromatic heterocycles. The number of sulfone groups is 1. The van der Waals surface area contributed by atoms with Crippen LogP contribution in [0, 0.1) is 0 Å². The molecular weight excluding hydrogens is 382 g/mol. The Morgan fingerprint density at radius 2 is 1.86 bits per heavy atom. The van der Waals surface area contributed by atoms with Crippen molar-refractivity contribution in [2.24, 2.45) is 0 Å². The van der Waals surface area contributed by atoms with Crippen molar-refractivity contribution in [3.05, 3.63) is 35.4 Å². The van der Waals surface area contributed by atoms with Crippen molar-refractivity contribution in [3.63, 3.8) is 0 Å². The minimum Gasteiger partial charge on any atom is -0.383 e. The number of carbonyl (C=O) groups excluding carboxylic acids is 1. The zero-order valence-electron chi connectivity index (χ0n) is 15.4. The van der Waals surface area contributed by atoms with Crippen molar-refractivity contribution < 1.29 is 17.9 Å². The first-order chi connectivity index (χ1) is 13.3. The molecule has 2 aromatic rings. The second-order valence-electron chi connectivity index (χ2n) is 6.92. The number of nitrogen functional groups attached to an aromatic ring is 1. The Kier molecular flexibility index (Phi) is 4.68. The molecule has 1 unspecified atom stereocenters. The van der Waals surface area contributed by atoms with E-state index in [9.17, 15) is 13.2 Å². The summed E-state index contributed by atoms with van der Waals surface area (Å²) in [7, 11) is -3.29. The highest BCUT2D eigenvalue weighted by Crippen LogP contribution is 2.40. The van der Waals surface area contributed by atoms with Gasteiger partial charge in [0.25, 0.3) is 0 Å². The van der Waals surface area contributed by atoms with Gasteiger partial charge in [0.15, 0.2) is 9.84 Å². The number of rotatable bonds is 3. The molecule has 1 saturated heterocycles. The highest BCUT2D eigenvalue weighted by Gasteiger charge is 2.32. The first kappa shape index (κ1) is 18.6. The lowest BCUT2D eigenvalue weighted by Crippen LogP contribution is -2.38. The van der Waals surface area contributed by atoms with Gasteiger partial charge in [-0.3, -0.25) is 4.79 Å². The maximum atomic E-state index is 12.3. The molecule has 0 spiro atoms. The SMILES string of the molecule is CS(=O)(=O)c1ccc(C2CC(=O)Nc3nc(N4CCOCC4)nc(N)c32)cc1. The number of nitrogens with one attached hydrogen (secondary N) is 1. The summed E-state index contributed by atoms with van der Waals surface area (Å²) >= 11 is 0. The van der Waals surface area contributed by atoms with Gasteiger partial charge < -0.3 is 20.7 Å². The fraction of sp³-hybridized carbons (Fsp3) is 0.389. The molecule has 28 heavy (non-hydrogen) atoms. The monoisotopic (exact) mass is 403 g/mol. The standard InChI is InChI=1S/C18H21N5O4S/c1-28(25,26)12-4-2-11(3-5-12)13-10-14(24)20-17-15(13)16(19)21-18(22-17)23-6-8-27-9-7-23/h2-5,13H,6-10H2,1H3,(H3,19,20,21,22,24). The molecule has 1 atom stereocenters. The molecule has 0 aliphatic carbocycles. The van der Waals surface area contributed by atoms with E-state index in [-0.39, 0.29) is 23.1 Å². The van der Waals surface area contributed by atoms with E-state index in [1.165, 1.54) is 12.1 Å². The van der Waals surface area contributed by atoms with Gasteiger partial charge in [0.05, 0.1) is 18.1 Å². The Balaban J connectivity index is 1.73. The van der Waals surface area contributed by atoms with Crippen molar-refractivity contribution in [2.75, 3.05) is 48.5 Å². The summed E-state index contributed by atoms with van der Waals surface area (Å²) in [4.78, 5) is 23.5. The molecular formula is C18H21N5O4S. The van der Waals surface area contributed by atoms with E-state index in [2.05, 4.69) is 15.3 Å². The lowest BCUT2D eigenvalue weighted by atomic mass is 9.86. The first-order valence-corrected chi connectivity index (χ1v) is 10.8. The number of fused-ring (bicyclic) bond motifs is 1. The summed E-state index contributed by atoms with van der Waals surface area (Å²) in [6.07, 6.45) is 1.35. The van der Waals surface area contributed by atoms with E-state index >= 15 is 0 Å². The average Bonchev–Trinajstić information content (AvgIpc) is 2.67. The number of nitrogens with zero attached hydrogens (tertiary/aromatic N) is 3. The molecule has 0 radical (unpaired) electrons. The third-order valence-electron chi connectivity index (χ3n) is 4.96. The zero-order chi connectivity index (χ0) is 19.9. The molecule has 4 rings (SSSR count). The predicted molar refractivity (Wildman–Crippen MR) is 104 cm³/mol. The van der Waals surface area contributed by atoms with Crippen molar-refractivity contribution in [1.82, 2.24) is 9.97 Å². The summed E-state index contributed by atoms with van der Waals surface area (Å²) in [6.45, 7) is 2.48. The number of hydrogen-bond acceptors (Lipinski definition) is 8. The number of aromatic nitrogens is 2. The Bertz CT molecular complexity index is 1020. The van der Waals surface area contributed by atoms with Crippen LogP contribution < -0.4 is 16.0 Å². The number of hydrogen-bond donors (Lipinski definition) is 2. The van der Waals surface area contributed by atoms with Gasteiger partial charge in [-0.25, -0.2) is 8.42 Å². The van der Waals surface area contributed by atoms with Gasteiger partial charge in [0, 0.05) is 37.2 Å². The van der Waals surface area contributed by atoms with Crippen LogP contribution in [0.5, 0.6) is 0 Å². The summed E-state index contributed by atoms with van der Waals surface area (Å²) in [6, 6.07) is 6.49. The van der Waals surface area contributed by atoms with Crippen molar-refractivity contribution in [1.29, 1.82) is 0 Å². The van der Waals surface area contributed by atoms with E-state index in [1.807, 2.05) is 4.90 Å². The largest absolute Gasteiger partial charge is 0.383 e. The molecule has 10 heteroatoms. The average molecular weight is 403 g/mol. The highest BCUT2D eigenvalue weighted by atomic mass is 32.2. The molecule has 1 fully saturated rings. The van der Waals surface area contributed by atoms with Crippen LogP contribution in [0.15, 0.2) is 29.2 Å². The molecule has 3 N–H and O–H groups in total. The molecule has 9 nitrogen and oxygen atoms in total. The third-order valence-corrected chi connectivity index (χ3v) is 6.09. The summed E-state index contributed by atoms with van der Waals surface area (Å²) in [5, 5.41) is 2.79. The Labute approximate surface area is 162 Å². The third kappa shape index (κ3) is 3.52. The molecule has 1 aromatic carbocycles. The maximum Gasteiger partial charge on any atom is 0.229 e. The van der Waals surface area contributed by atoms with Crippen LogP contribution >= 0.6 is 0 Å². The normalized spacial score (nSPS) is 19.8. The van der Waals surface area contributed by atoms with Crippen LogP contribution in [0.2, 0.25) is 0 Å². The number of nitrogens with two attached hydrogens (primary N) is 1. The van der Waals surface area contributed by atoms with Crippen molar-refractivity contribution >= 4 is 33.3 Å². The molecule has 1 amide bonds. The summed E-state index contributed by atoms with van der Waals surface area (Å²) in [5.74, 6) is 0.672. The number of carbonyl (C=O) groups is 1. The topological polar surface area (TPSA) is 128 Å². The second-order valence-corrected chi connectivity index (χ2v) is 8.93. The van der Waals surface area contributed by atoms with E-state index in [1.54, 1.807) is 12.1 Å². The molecule has 2 aliphatic rings. The van der Waals surface area contributed by atoms with E-state index in [0.29, 0.717) is 49.5 Å². The molecule has 0 bridgehead atoms. The Morgan fingerprint density at radius 3 is 2.50 bits per heavy atom. The maximum absolute atomic E-state index is 12.3. The zero-order valence-corrected chi connectivity index (χ0v) is 16.2. The van der Waals surface area contributed by atoms with Gasteiger partial charge in [-0.1, -0.05) is 12.1 Å². The second kappa shape index (κ2) is 7.02. The number of ether oxygens (including phenoxy) is 1. The lowest BCUT2D eigenvalue weighted by Gasteiger charge is -2.30. The number of anilines is 3. The van der Waals surface area contributed by atoms with Crippen LogP contribution in [0.3, 0.4) is 0 Å². The van der Waals surface area contributed by atoms with Gasteiger partial charge >= 0.3 is 0 Å². The minimum atomic E-state index is -3.29. The van der Waals surface area contributed by atoms with Crippen LogP contribution in [-0.2, 0) is 19.4 Å². The fourth-order valence-electron chi connectivity index (χ4n) is 3.52. The van der Waals surface area contributed by atoms with Crippen LogP contribution in [-0.4, -0.2) is 56.9 Å². The molecule has 2 aliphatic heterocycles. The Morgan fingerprint density at radius 1 is 1.18 bits per heavy atom. The number of benzene rings is 1. The molecule has 148 valence electrons. The Hall–Kier alpha value is -2.72. The quantitative estimate of drug-likeness (QED) is 0.769. The van der Waals surface area contributed by atoms with Crippen LogP contribution in [0.25, 0.3) is 0 Å². The number of morpholine rings is 1. The molecule has 3 heterocycles. The van der Waals surface area contributed by atoms with Gasteiger partial charge in [-0.2, -0.15) is 9.97 Å². The van der Waals surface area contributed by atoms with Crippen molar-refractivity contribution in [3.8, 4) is 0 Å². The van der Waals surface area contributed by atoms with Crippen molar-refractivity contribution in [2.45, 2.75) is 17.2 Å². The van der Waals surface area contributed by atoms with Gasteiger partial charge in [0.2, 0.25) is 11.9 Å². The molecule has 0 saturated carbocycles. The first-order valence-electron chi connectivity index (χ1n) is 8.93. The van der Waals surface area contributed by atoms with Gasteiger partial charge in [0.1, 0.15) is 11.6 Å². The fourth-order valence-corrected chi connectivity index (χ4v) is 4.15. The van der Waals surface area contributed by atoms with Gasteiger partial charge in [-0.15, -0.1) is 0 Å². The van der Waals surface area contributed by atoms with E-state index in [0.717, 1.165) is 11.8 Å². The highest BCUT2D eigenvalue weighted by molar-refractivity contribution is 7.90. The van der Waals surface area contributed by atoms with E-state index in [4.69, 9.17) is 10.5 Å². The smallest absolute Gasteiger partial charge is 0.229 e.